The van der Waals surface area contributed by atoms with E-state index < -0.39 is 28.5 Å². The zero-order chi connectivity index (χ0) is 24.4. The highest BCUT2D eigenvalue weighted by Crippen LogP contribution is 2.24. The number of carbonyl (C=O) groups is 1. The normalized spacial score (nSPS) is 12.7. The molecule has 0 radical (unpaired) electrons. The number of hydrogen-bond donors (Lipinski definition) is 2. The third-order valence-electron chi connectivity index (χ3n) is 6.25. The molecule has 1 amide bonds. The summed E-state index contributed by atoms with van der Waals surface area (Å²) in [5, 5.41) is 8.89. The first-order valence-electron chi connectivity index (χ1n) is 12.9. The van der Waals surface area contributed by atoms with Crippen molar-refractivity contribution < 1.29 is 18.4 Å². The zero-order valence-electron chi connectivity index (χ0n) is 20.8. The summed E-state index contributed by atoms with van der Waals surface area (Å²) in [4.78, 5) is 11.7. The topological polar surface area (TPSA) is 86.7 Å². The average molecular weight is 483 g/mol. The van der Waals surface area contributed by atoms with Gasteiger partial charge in [0.15, 0.2) is 0 Å². The maximum Gasteiger partial charge on any atom is 0.258 e. The number of hydroxylamine groups is 1. The first-order valence-corrected chi connectivity index (χ1v) is 14.5. The van der Waals surface area contributed by atoms with Crippen LogP contribution in [0.4, 0.5) is 0 Å². The Kier molecular flexibility index (Phi) is 16.1. The Morgan fingerprint density at radius 2 is 1.30 bits per heavy atom. The van der Waals surface area contributed by atoms with Gasteiger partial charge in [-0.05, 0) is 18.9 Å². The molecule has 0 saturated heterocycles. The molecule has 190 valence electrons. The van der Waals surface area contributed by atoms with Gasteiger partial charge >= 0.3 is 0 Å². The van der Waals surface area contributed by atoms with E-state index in [0.717, 1.165) is 24.8 Å². The monoisotopic (exact) mass is 482 g/mol. The predicted octanol–water partition coefficient (Wildman–Crippen LogP) is 6.37. The Morgan fingerprint density at radius 3 is 1.76 bits per heavy atom. The highest BCUT2D eigenvalue weighted by molar-refractivity contribution is 7.89. The van der Waals surface area contributed by atoms with Gasteiger partial charge in [-0.1, -0.05) is 121 Å². The van der Waals surface area contributed by atoms with Crippen LogP contribution in [0.3, 0.4) is 0 Å². The molecule has 1 rings (SSSR count). The lowest BCUT2D eigenvalue weighted by Gasteiger charge is -2.28. The molecule has 1 atom stereocenters. The van der Waals surface area contributed by atoms with Crippen LogP contribution < -0.4 is 5.48 Å². The number of benzene rings is 1. The summed E-state index contributed by atoms with van der Waals surface area (Å²) in [5.74, 6) is -0.719. The van der Waals surface area contributed by atoms with Gasteiger partial charge in [0, 0.05) is 6.04 Å². The summed E-state index contributed by atoms with van der Waals surface area (Å²) < 4.78 is 27.2. The molecule has 1 aromatic rings. The molecule has 0 heterocycles. The van der Waals surface area contributed by atoms with Crippen molar-refractivity contribution in [3.8, 4) is 0 Å². The number of rotatable bonds is 20. The number of nitrogens with zero attached hydrogens (tertiary/aromatic N) is 1. The maximum absolute atomic E-state index is 13.0. The highest BCUT2D eigenvalue weighted by Gasteiger charge is 2.29. The van der Waals surface area contributed by atoms with Crippen LogP contribution in [0.1, 0.15) is 115 Å². The second kappa shape index (κ2) is 18.0. The van der Waals surface area contributed by atoms with Crippen molar-refractivity contribution in [2.24, 2.45) is 0 Å². The van der Waals surface area contributed by atoms with Crippen molar-refractivity contribution in [2.45, 2.75) is 110 Å². The average Bonchev–Trinajstić information content (AvgIpc) is 2.82. The zero-order valence-corrected chi connectivity index (χ0v) is 21.6. The van der Waals surface area contributed by atoms with Crippen molar-refractivity contribution in [1.29, 1.82) is 0 Å². The first-order chi connectivity index (χ1) is 15.9. The summed E-state index contributed by atoms with van der Waals surface area (Å²) in [6.45, 7) is 3.62. The lowest BCUT2D eigenvalue weighted by atomic mass is 10.0. The van der Waals surface area contributed by atoms with Gasteiger partial charge in [0.05, 0.1) is 12.3 Å². The van der Waals surface area contributed by atoms with E-state index >= 15 is 0 Å². The molecular formula is C26H46N2O4S. The molecule has 0 fully saturated rings. The van der Waals surface area contributed by atoms with Crippen LogP contribution in [0.5, 0.6) is 0 Å². The Bertz CT molecular complexity index is 725. The summed E-state index contributed by atoms with van der Waals surface area (Å²) in [5.41, 5.74) is 2.36. The van der Waals surface area contributed by atoms with E-state index in [9.17, 15) is 13.2 Å². The molecule has 0 aromatic heterocycles. The van der Waals surface area contributed by atoms with Crippen LogP contribution >= 0.6 is 0 Å². The van der Waals surface area contributed by atoms with E-state index in [4.69, 9.17) is 5.21 Å². The van der Waals surface area contributed by atoms with Crippen LogP contribution in [0, 0.1) is 0 Å². The van der Waals surface area contributed by atoms with E-state index in [1.54, 1.807) is 12.4 Å². The van der Waals surface area contributed by atoms with Crippen LogP contribution in [0.15, 0.2) is 30.3 Å². The van der Waals surface area contributed by atoms with E-state index in [1.165, 1.54) is 68.5 Å². The fraction of sp³-hybridized carbons (Fsp3) is 0.731. The molecule has 0 aliphatic rings. The fourth-order valence-corrected chi connectivity index (χ4v) is 5.87. The van der Waals surface area contributed by atoms with Crippen molar-refractivity contribution in [3.05, 3.63) is 35.9 Å². The van der Waals surface area contributed by atoms with Crippen LogP contribution in [-0.4, -0.2) is 36.1 Å². The molecule has 7 heteroatoms. The molecule has 0 aliphatic heterocycles. The summed E-state index contributed by atoms with van der Waals surface area (Å²) in [7, 11) is -3.63. The molecular weight excluding hydrogens is 436 g/mol. The summed E-state index contributed by atoms with van der Waals surface area (Å²) in [6.07, 6.45) is 16.9. The van der Waals surface area contributed by atoms with Gasteiger partial charge in [-0.3, -0.25) is 10.0 Å². The molecule has 0 spiro atoms. The number of sulfonamides is 1. The molecule has 2 N–H and O–H groups in total. The highest BCUT2D eigenvalue weighted by atomic mass is 32.2. The van der Waals surface area contributed by atoms with Gasteiger partial charge in [-0.25, -0.2) is 13.9 Å². The molecule has 0 aliphatic carbocycles. The molecule has 33 heavy (non-hydrogen) atoms. The Morgan fingerprint density at radius 1 is 0.848 bits per heavy atom. The van der Waals surface area contributed by atoms with E-state index in [0.29, 0.717) is 6.42 Å². The number of hydrogen-bond acceptors (Lipinski definition) is 4. The van der Waals surface area contributed by atoms with Crippen LogP contribution in [0.2, 0.25) is 0 Å². The van der Waals surface area contributed by atoms with Gasteiger partial charge in [-0.2, -0.15) is 4.31 Å². The first kappa shape index (κ1) is 29.6. The van der Waals surface area contributed by atoms with Gasteiger partial charge in [-0.15, -0.1) is 0 Å². The Hall–Kier alpha value is -1.44. The van der Waals surface area contributed by atoms with Crippen molar-refractivity contribution >= 4 is 15.9 Å². The maximum atomic E-state index is 13.0. The minimum absolute atomic E-state index is 0.0148. The number of carbonyl (C=O) groups excluding carboxylic acids is 1. The fourth-order valence-electron chi connectivity index (χ4n) is 4.15. The van der Waals surface area contributed by atoms with Crippen LogP contribution in [0.25, 0.3) is 0 Å². The lowest BCUT2D eigenvalue weighted by molar-refractivity contribution is -0.129. The van der Waals surface area contributed by atoms with Crippen molar-refractivity contribution in [2.75, 3.05) is 12.3 Å². The van der Waals surface area contributed by atoms with Gasteiger partial charge in [0.2, 0.25) is 10.0 Å². The smallest absolute Gasteiger partial charge is 0.258 e. The molecule has 0 bridgehead atoms. The number of nitrogens with one attached hydrogen (secondary N) is 1. The second-order valence-electron chi connectivity index (χ2n) is 9.08. The van der Waals surface area contributed by atoms with Gasteiger partial charge in [0.1, 0.15) is 0 Å². The third-order valence-corrected chi connectivity index (χ3v) is 8.22. The van der Waals surface area contributed by atoms with E-state index in [1.807, 2.05) is 30.3 Å². The van der Waals surface area contributed by atoms with Crippen molar-refractivity contribution in [1.82, 2.24) is 9.79 Å². The van der Waals surface area contributed by atoms with E-state index in [-0.39, 0.29) is 5.75 Å². The predicted molar refractivity (Wildman–Crippen MR) is 136 cm³/mol. The quantitative estimate of drug-likeness (QED) is 0.128. The minimum atomic E-state index is -3.63. The third kappa shape index (κ3) is 13.1. The van der Waals surface area contributed by atoms with E-state index in [2.05, 4.69) is 6.92 Å². The molecule has 1 aromatic carbocycles. The lowest BCUT2D eigenvalue weighted by Crippen LogP contribution is -2.42. The van der Waals surface area contributed by atoms with Gasteiger partial charge < -0.3 is 0 Å². The van der Waals surface area contributed by atoms with Crippen molar-refractivity contribution in [3.63, 3.8) is 0 Å². The molecule has 1 unspecified atom stereocenters. The largest absolute Gasteiger partial charge is 0.289 e. The summed E-state index contributed by atoms with van der Waals surface area (Å²) >= 11 is 0. The Labute approximate surface area is 202 Å². The Balaban J connectivity index is 2.28. The minimum Gasteiger partial charge on any atom is -0.289 e. The molecule has 6 nitrogen and oxygen atoms in total. The second-order valence-corrected chi connectivity index (χ2v) is 11.1. The van der Waals surface area contributed by atoms with Gasteiger partial charge in [0.25, 0.3) is 5.91 Å². The molecule has 0 saturated carbocycles. The SMILES string of the molecule is CCCCCCCCCCCCCCCCS(=O)(=O)N(CC(=O)NO)C(C)c1ccccc1. The number of amides is 1. The standard InChI is InChI=1S/C26H46N2O4S/c1-3-4-5-6-7-8-9-10-11-12-13-14-15-19-22-33(31,32)28(23-26(29)27-30)24(2)25-20-17-16-18-21-25/h16-18,20-21,24,30H,3-15,19,22-23H2,1-2H3,(H,27,29). The van der Waals surface area contributed by atoms with Crippen LogP contribution in [-0.2, 0) is 14.8 Å². The number of unbranched alkanes of at least 4 members (excludes halogenated alkanes) is 13. The summed E-state index contributed by atoms with van der Waals surface area (Å²) in [6, 6.07) is 8.75.